The second-order valence-electron chi connectivity index (χ2n) is 5.38. The van der Waals surface area contributed by atoms with Crippen molar-refractivity contribution in [3.63, 3.8) is 0 Å². The molecule has 0 saturated carbocycles. The SMILES string of the molecule is C[C@@H]1C(=O)Nc2ccc(C(=O)COC(=O)c3ccc(Cl)nc3)cc21. The molecule has 7 heteroatoms. The minimum Gasteiger partial charge on any atom is -0.454 e. The molecule has 0 bridgehead atoms. The summed E-state index contributed by atoms with van der Waals surface area (Å²) in [6.45, 7) is 1.37. The van der Waals surface area contributed by atoms with E-state index in [-0.39, 0.29) is 28.3 Å². The lowest BCUT2D eigenvalue weighted by Crippen LogP contribution is -2.14. The average molecular weight is 345 g/mol. The summed E-state index contributed by atoms with van der Waals surface area (Å²) < 4.78 is 5.00. The van der Waals surface area contributed by atoms with Gasteiger partial charge in [0.15, 0.2) is 12.4 Å². The Balaban J connectivity index is 1.67. The molecule has 0 radical (unpaired) electrons. The summed E-state index contributed by atoms with van der Waals surface area (Å²) in [5.74, 6) is -1.41. The largest absolute Gasteiger partial charge is 0.454 e. The molecule has 0 saturated heterocycles. The van der Waals surface area contributed by atoms with E-state index in [2.05, 4.69) is 10.3 Å². The number of halogens is 1. The second kappa shape index (κ2) is 6.41. The van der Waals surface area contributed by atoms with Crippen LogP contribution in [-0.4, -0.2) is 29.3 Å². The molecule has 0 aliphatic carbocycles. The number of benzene rings is 1. The van der Waals surface area contributed by atoms with E-state index in [0.29, 0.717) is 11.3 Å². The topological polar surface area (TPSA) is 85.4 Å². The molecule has 1 atom stereocenters. The molecule has 24 heavy (non-hydrogen) atoms. The van der Waals surface area contributed by atoms with Gasteiger partial charge in [-0.05, 0) is 42.8 Å². The number of rotatable bonds is 4. The van der Waals surface area contributed by atoms with Crippen molar-refractivity contribution >= 4 is 34.9 Å². The van der Waals surface area contributed by atoms with Crippen LogP contribution in [-0.2, 0) is 9.53 Å². The standard InChI is InChI=1S/C17H13ClN2O4/c1-9-12-6-10(2-4-13(12)20-16(9)22)14(21)8-24-17(23)11-3-5-15(18)19-7-11/h2-7,9H,8H2,1H3,(H,20,22)/t9-/m0/s1. The maximum Gasteiger partial charge on any atom is 0.340 e. The highest BCUT2D eigenvalue weighted by Crippen LogP contribution is 2.32. The van der Waals surface area contributed by atoms with Crippen LogP contribution in [0, 0.1) is 0 Å². The van der Waals surface area contributed by atoms with Crippen LogP contribution in [0.25, 0.3) is 0 Å². The van der Waals surface area contributed by atoms with E-state index >= 15 is 0 Å². The number of nitrogens with zero attached hydrogens (tertiary/aromatic N) is 1. The number of amides is 1. The van der Waals surface area contributed by atoms with Crippen molar-refractivity contribution in [1.82, 2.24) is 4.98 Å². The lowest BCUT2D eigenvalue weighted by Gasteiger charge is -2.07. The second-order valence-corrected chi connectivity index (χ2v) is 5.77. The molecular weight excluding hydrogens is 332 g/mol. The molecular formula is C17H13ClN2O4. The molecule has 0 fully saturated rings. The highest BCUT2D eigenvalue weighted by Gasteiger charge is 2.27. The average Bonchev–Trinajstić information content (AvgIpc) is 2.87. The number of aromatic nitrogens is 1. The third-order valence-electron chi connectivity index (χ3n) is 3.79. The van der Waals surface area contributed by atoms with Gasteiger partial charge in [-0.1, -0.05) is 11.6 Å². The normalized spacial score (nSPS) is 15.6. The van der Waals surface area contributed by atoms with Gasteiger partial charge in [-0.3, -0.25) is 9.59 Å². The number of anilines is 1. The zero-order chi connectivity index (χ0) is 17.3. The number of carbonyl (C=O) groups excluding carboxylic acids is 3. The van der Waals surface area contributed by atoms with Gasteiger partial charge >= 0.3 is 5.97 Å². The molecule has 2 heterocycles. The maximum atomic E-state index is 12.2. The molecule has 1 aliphatic heterocycles. The summed E-state index contributed by atoms with van der Waals surface area (Å²) in [4.78, 5) is 39.5. The Hall–Kier alpha value is -2.73. The Morgan fingerprint density at radius 1 is 1.25 bits per heavy atom. The van der Waals surface area contributed by atoms with Crippen molar-refractivity contribution in [1.29, 1.82) is 0 Å². The quantitative estimate of drug-likeness (QED) is 0.523. The molecule has 1 aliphatic rings. The number of hydrogen-bond acceptors (Lipinski definition) is 5. The van der Waals surface area contributed by atoms with Crippen LogP contribution < -0.4 is 5.32 Å². The summed E-state index contributed by atoms with van der Waals surface area (Å²) in [5.41, 5.74) is 2.07. The van der Waals surface area contributed by atoms with E-state index < -0.39 is 12.6 Å². The fraction of sp³-hybridized carbons (Fsp3) is 0.176. The first-order valence-corrected chi connectivity index (χ1v) is 7.60. The summed E-state index contributed by atoms with van der Waals surface area (Å²) in [5, 5.41) is 3.00. The summed E-state index contributed by atoms with van der Waals surface area (Å²) >= 11 is 5.65. The van der Waals surface area contributed by atoms with E-state index in [9.17, 15) is 14.4 Å². The highest BCUT2D eigenvalue weighted by molar-refractivity contribution is 6.29. The molecule has 1 N–H and O–H groups in total. The van der Waals surface area contributed by atoms with E-state index in [1.54, 1.807) is 25.1 Å². The van der Waals surface area contributed by atoms with Gasteiger partial charge in [0.05, 0.1) is 11.5 Å². The summed E-state index contributed by atoms with van der Waals surface area (Å²) in [6, 6.07) is 7.85. The molecule has 1 aromatic heterocycles. The molecule has 1 aromatic carbocycles. The number of ketones is 1. The number of hydrogen-bond donors (Lipinski definition) is 1. The highest BCUT2D eigenvalue weighted by atomic mass is 35.5. The molecule has 6 nitrogen and oxygen atoms in total. The van der Waals surface area contributed by atoms with Crippen molar-refractivity contribution in [3.05, 3.63) is 58.4 Å². The third-order valence-corrected chi connectivity index (χ3v) is 4.01. The predicted octanol–water partition coefficient (Wildman–Crippen LogP) is 2.83. The minimum absolute atomic E-state index is 0.101. The van der Waals surface area contributed by atoms with Crippen LogP contribution in [0.5, 0.6) is 0 Å². The predicted molar refractivity (Wildman–Crippen MR) is 87.3 cm³/mol. The van der Waals surface area contributed by atoms with Gasteiger partial charge in [-0.2, -0.15) is 0 Å². The van der Waals surface area contributed by atoms with Crippen molar-refractivity contribution in [3.8, 4) is 0 Å². The lowest BCUT2D eigenvalue weighted by atomic mass is 9.99. The number of carbonyl (C=O) groups is 3. The first-order valence-electron chi connectivity index (χ1n) is 7.22. The van der Waals surface area contributed by atoms with Gasteiger partial charge in [0.2, 0.25) is 5.91 Å². The summed E-state index contributed by atoms with van der Waals surface area (Å²) in [6.07, 6.45) is 1.28. The van der Waals surface area contributed by atoms with Crippen LogP contribution >= 0.6 is 11.6 Å². The number of pyridine rings is 1. The Labute approximate surface area is 142 Å². The van der Waals surface area contributed by atoms with E-state index in [0.717, 1.165) is 5.56 Å². The van der Waals surface area contributed by atoms with E-state index in [4.69, 9.17) is 16.3 Å². The fourth-order valence-electron chi connectivity index (χ4n) is 2.38. The van der Waals surface area contributed by atoms with Crippen molar-refractivity contribution < 1.29 is 19.1 Å². The first-order chi connectivity index (χ1) is 11.5. The van der Waals surface area contributed by atoms with Crippen LogP contribution in [0.1, 0.15) is 39.1 Å². The van der Waals surface area contributed by atoms with E-state index in [1.807, 2.05) is 0 Å². The number of esters is 1. The maximum absolute atomic E-state index is 12.2. The number of ether oxygens (including phenoxy) is 1. The van der Waals surface area contributed by atoms with Gasteiger partial charge in [-0.25, -0.2) is 9.78 Å². The number of nitrogens with one attached hydrogen (secondary N) is 1. The van der Waals surface area contributed by atoms with Gasteiger partial charge in [0, 0.05) is 17.4 Å². The van der Waals surface area contributed by atoms with Crippen molar-refractivity contribution in [2.24, 2.45) is 0 Å². The van der Waals surface area contributed by atoms with Crippen LogP contribution in [0.2, 0.25) is 5.15 Å². The zero-order valence-electron chi connectivity index (χ0n) is 12.7. The molecule has 2 aromatic rings. The number of fused-ring (bicyclic) bond motifs is 1. The first kappa shape index (κ1) is 16.1. The number of Topliss-reactive ketones (excluding diaryl/α,β-unsaturated/α-hetero) is 1. The van der Waals surface area contributed by atoms with Crippen molar-refractivity contribution in [2.45, 2.75) is 12.8 Å². The fourth-order valence-corrected chi connectivity index (χ4v) is 2.50. The van der Waals surface area contributed by atoms with E-state index in [1.165, 1.54) is 18.3 Å². The molecule has 0 unspecified atom stereocenters. The van der Waals surface area contributed by atoms with Crippen LogP contribution in [0.3, 0.4) is 0 Å². The van der Waals surface area contributed by atoms with Gasteiger partial charge in [-0.15, -0.1) is 0 Å². The minimum atomic E-state index is -0.654. The molecule has 3 rings (SSSR count). The Kier molecular flexibility index (Phi) is 4.31. The van der Waals surface area contributed by atoms with Gasteiger partial charge < -0.3 is 10.1 Å². The van der Waals surface area contributed by atoms with Gasteiger partial charge in [0.1, 0.15) is 5.15 Å². The Morgan fingerprint density at radius 3 is 2.71 bits per heavy atom. The van der Waals surface area contributed by atoms with Crippen LogP contribution in [0.4, 0.5) is 5.69 Å². The molecule has 122 valence electrons. The monoisotopic (exact) mass is 344 g/mol. The Bertz CT molecular complexity index is 833. The van der Waals surface area contributed by atoms with Gasteiger partial charge in [0.25, 0.3) is 0 Å². The summed E-state index contributed by atoms with van der Waals surface area (Å²) in [7, 11) is 0. The smallest absolute Gasteiger partial charge is 0.340 e. The van der Waals surface area contributed by atoms with Crippen molar-refractivity contribution in [2.75, 3.05) is 11.9 Å². The molecule has 0 spiro atoms. The third kappa shape index (κ3) is 3.14. The Morgan fingerprint density at radius 2 is 2.00 bits per heavy atom. The lowest BCUT2D eigenvalue weighted by molar-refractivity contribution is -0.116. The van der Waals surface area contributed by atoms with Crippen LogP contribution in [0.15, 0.2) is 36.5 Å². The zero-order valence-corrected chi connectivity index (χ0v) is 13.5. The molecule has 1 amide bonds.